The molecule has 2 rings (SSSR count). The smallest absolute Gasteiger partial charge is 0.124 e. The lowest BCUT2D eigenvalue weighted by Crippen LogP contribution is -2.14. The maximum absolute atomic E-state index is 5.66. The van der Waals surface area contributed by atoms with E-state index in [1.165, 1.54) is 11.1 Å². The number of nitrogens with one attached hydrogen (secondary N) is 1. The number of anilines is 2. The summed E-state index contributed by atoms with van der Waals surface area (Å²) >= 11 is 4.99. The fourth-order valence-electron chi connectivity index (χ4n) is 1.80. The van der Waals surface area contributed by atoms with Gasteiger partial charge in [-0.1, -0.05) is 29.9 Å². The third kappa shape index (κ3) is 2.65. The van der Waals surface area contributed by atoms with Gasteiger partial charge >= 0.3 is 0 Å². The Kier molecular flexibility index (Phi) is 3.58. The SMILES string of the molecule is Cc1ccc(Nc2cccnc2C(N)=S)c(C)c1. The van der Waals surface area contributed by atoms with Gasteiger partial charge in [0.25, 0.3) is 0 Å². The van der Waals surface area contributed by atoms with E-state index in [4.69, 9.17) is 18.0 Å². The van der Waals surface area contributed by atoms with Crippen molar-refractivity contribution in [1.82, 2.24) is 4.98 Å². The Morgan fingerprint density at radius 1 is 1.22 bits per heavy atom. The molecule has 0 saturated heterocycles. The molecule has 0 bridgehead atoms. The van der Waals surface area contributed by atoms with E-state index in [2.05, 4.69) is 36.3 Å². The number of thiocarbonyl (C=S) groups is 1. The summed E-state index contributed by atoms with van der Waals surface area (Å²) in [5.41, 5.74) is 10.6. The van der Waals surface area contributed by atoms with Crippen LogP contribution >= 0.6 is 12.2 Å². The molecule has 18 heavy (non-hydrogen) atoms. The summed E-state index contributed by atoms with van der Waals surface area (Å²) in [6.07, 6.45) is 1.68. The number of hydrogen-bond acceptors (Lipinski definition) is 3. The second-order valence-corrected chi connectivity index (χ2v) is 4.65. The molecule has 1 aromatic heterocycles. The van der Waals surface area contributed by atoms with Crippen molar-refractivity contribution in [2.75, 3.05) is 5.32 Å². The van der Waals surface area contributed by atoms with Gasteiger partial charge in [-0.05, 0) is 37.6 Å². The van der Waals surface area contributed by atoms with E-state index in [-0.39, 0.29) is 0 Å². The molecule has 3 N–H and O–H groups in total. The highest BCUT2D eigenvalue weighted by Crippen LogP contribution is 2.23. The molecule has 92 valence electrons. The third-order valence-electron chi connectivity index (χ3n) is 2.69. The van der Waals surface area contributed by atoms with E-state index in [9.17, 15) is 0 Å². The molecule has 4 heteroatoms. The van der Waals surface area contributed by atoms with E-state index in [0.29, 0.717) is 10.7 Å². The highest BCUT2D eigenvalue weighted by Gasteiger charge is 2.07. The van der Waals surface area contributed by atoms with Crippen molar-refractivity contribution in [3.8, 4) is 0 Å². The lowest BCUT2D eigenvalue weighted by Gasteiger charge is -2.12. The number of rotatable bonds is 3. The van der Waals surface area contributed by atoms with Gasteiger partial charge in [0.2, 0.25) is 0 Å². The van der Waals surface area contributed by atoms with Crippen LogP contribution < -0.4 is 11.1 Å². The molecule has 0 fully saturated rings. The van der Waals surface area contributed by atoms with Crippen LogP contribution in [0.25, 0.3) is 0 Å². The zero-order valence-corrected chi connectivity index (χ0v) is 11.2. The maximum Gasteiger partial charge on any atom is 0.124 e. The molecule has 3 nitrogen and oxygen atoms in total. The van der Waals surface area contributed by atoms with Crippen LogP contribution in [0.15, 0.2) is 36.5 Å². The van der Waals surface area contributed by atoms with Crippen molar-refractivity contribution in [1.29, 1.82) is 0 Å². The summed E-state index contributed by atoms with van der Waals surface area (Å²) in [6.45, 7) is 4.13. The normalized spacial score (nSPS) is 10.1. The molecule has 2 aromatic rings. The highest BCUT2D eigenvalue weighted by molar-refractivity contribution is 7.80. The number of nitrogens with two attached hydrogens (primary N) is 1. The van der Waals surface area contributed by atoms with Gasteiger partial charge in [0.1, 0.15) is 10.7 Å². The fourth-order valence-corrected chi connectivity index (χ4v) is 1.96. The zero-order valence-electron chi connectivity index (χ0n) is 10.4. The first-order valence-corrected chi connectivity index (χ1v) is 6.08. The van der Waals surface area contributed by atoms with E-state index >= 15 is 0 Å². The Bertz CT molecular complexity index is 593. The minimum Gasteiger partial charge on any atom is -0.388 e. The van der Waals surface area contributed by atoms with Crippen molar-refractivity contribution < 1.29 is 0 Å². The quantitative estimate of drug-likeness (QED) is 0.830. The summed E-state index contributed by atoms with van der Waals surface area (Å²) in [5.74, 6) is 0. The molecule has 0 atom stereocenters. The van der Waals surface area contributed by atoms with E-state index in [0.717, 1.165) is 11.4 Å². The first-order chi connectivity index (χ1) is 8.58. The fraction of sp³-hybridized carbons (Fsp3) is 0.143. The predicted octanol–water partition coefficient (Wildman–Crippen LogP) is 3.08. The van der Waals surface area contributed by atoms with Gasteiger partial charge in [0.15, 0.2) is 0 Å². The highest BCUT2D eigenvalue weighted by atomic mass is 32.1. The van der Waals surface area contributed by atoms with E-state index in [1.807, 2.05) is 18.2 Å². The van der Waals surface area contributed by atoms with Gasteiger partial charge in [-0.2, -0.15) is 0 Å². The molecule has 0 amide bonds. The molecular formula is C14H15N3S. The Labute approximate surface area is 112 Å². The number of nitrogens with zero attached hydrogens (tertiary/aromatic N) is 1. The lowest BCUT2D eigenvalue weighted by molar-refractivity contribution is 1.28. The van der Waals surface area contributed by atoms with Crippen LogP contribution in [-0.4, -0.2) is 9.97 Å². The summed E-state index contributed by atoms with van der Waals surface area (Å²) in [6, 6.07) is 10.0. The first kappa shape index (κ1) is 12.5. The minimum atomic E-state index is 0.294. The Morgan fingerprint density at radius 2 is 2.00 bits per heavy atom. The van der Waals surface area contributed by atoms with Gasteiger partial charge in [-0.3, -0.25) is 4.98 Å². The molecule has 1 aromatic carbocycles. The first-order valence-electron chi connectivity index (χ1n) is 5.67. The molecule has 0 unspecified atom stereocenters. The number of aryl methyl sites for hydroxylation is 2. The molecule has 0 saturated carbocycles. The molecular weight excluding hydrogens is 242 g/mol. The summed E-state index contributed by atoms with van der Waals surface area (Å²) in [7, 11) is 0. The number of aromatic nitrogens is 1. The van der Waals surface area contributed by atoms with Gasteiger partial charge in [0.05, 0.1) is 5.69 Å². The van der Waals surface area contributed by atoms with Crippen molar-refractivity contribution in [2.45, 2.75) is 13.8 Å². The monoisotopic (exact) mass is 257 g/mol. The summed E-state index contributed by atoms with van der Waals surface area (Å²) in [5, 5.41) is 3.32. The molecule has 0 aliphatic rings. The minimum absolute atomic E-state index is 0.294. The average molecular weight is 257 g/mol. The zero-order chi connectivity index (χ0) is 13.1. The van der Waals surface area contributed by atoms with E-state index in [1.54, 1.807) is 6.20 Å². The average Bonchev–Trinajstić information content (AvgIpc) is 2.33. The largest absolute Gasteiger partial charge is 0.388 e. The van der Waals surface area contributed by atoms with Crippen molar-refractivity contribution in [3.05, 3.63) is 53.3 Å². The Balaban J connectivity index is 2.37. The van der Waals surface area contributed by atoms with Crippen LogP contribution in [0, 0.1) is 13.8 Å². The van der Waals surface area contributed by atoms with Crippen LogP contribution in [0.4, 0.5) is 11.4 Å². The van der Waals surface area contributed by atoms with Crippen LogP contribution in [0.3, 0.4) is 0 Å². The van der Waals surface area contributed by atoms with Crippen molar-refractivity contribution >= 4 is 28.6 Å². The number of pyridine rings is 1. The number of hydrogen-bond donors (Lipinski definition) is 2. The Hall–Kier alpha value is -1.94. The Morgan fingerprint density at radius 3 is 2.67 bits per heavy atom. The van der Waals surface area contributed by atoms with Gasteiger partial charge in [0, 0.05) is 11.9 Å². The van der Waals surface area contributed by atoms with Crippen LogP contribution in [0.2, 0.25) is 0 Å². The second-order valence-electron chi connectivity index (χ2n) is 4.21. The standard InChI is InChI=1S/C14H15N3S/c1-9-5-6-11(10(2)8-9)17-12-4-3-7-16-13(12)14(15)18/h3-8,17H,1-2H3,(H2,15,18). The summed E-state index contributed by atoms with van der Waals surface area (Å²) in [4.78, 5) is 4.49. The van der Waals surface area contributed by atoms with E-state index < -0.39 is 0 Å². The van der Waals surface area contributed by atoms with Gasteiger partial charge in [-0.25, -0.2) is 0 Å². The maximum atomic E-state index is 5.66. The molecule has 0 aliphatic heterocycles. The van der Waals surface area contributed by atoms with Crippen LogP contribution in [0.5, 0.6) is 0 Å². The van der Waals surface area contributed by atoms with Crippen LogP contribution in [0.1, 0.15) is 16.8 Å². The van der Waals surface area contributed by atoms with Crippen molar-refractivity contribution in [2.24, 2.45) is 5.73 Å². The van der Waals surface area contributed by atoms with Crippen LogP contribution in [-0.2, 0) is 0 Å². The van der Waals surface area contributed by atoms with Gasteiger partial charge in [-0.15, -0.1) is 0 Å². The lowest BCUT2D eigenvalue weighted by atomic mass is 10.1. The van der Waals surface area contributed by atoms with Crippen molar-refractivity contribution in [3.63, 3.8) is 0 Å². The molecule has 0 radical (unpaired) electrons. The molecule has 0 spiro atoms. The second kappa shape index (κ2) is 5.14. The number of benzene rings is 1. The summed E-state index contributed by atoms with van der Waals surface area (Å²) < 4.78 is 0. The third-order valence-corrected chi connectivity index (χ3v) is 2.89. The van der Waals surface area contributed by atoms with Gasteiger partial charge < -0.3 is 11.1 Å². The molecule has 1 heterocycles. The topological polar surface area (TPSA) is 50.9 Å². The molecule has 0 aliphatic carbocycles. The predicted molar refractivity (Wildman–Crippen MR) is 79.3 cm³/mol.